The molecule has 1 aromatic carbocycles. The second-order valence-corrected chi connectivity index (χ2v) is 5.33. The van der Waals surface area contributed by atoms with Crippen molar-refractivity contribution in [2.75, 3.05) is 5.32 Å². The Bertz CT molecular complexity index is 703. The Morgan fingerprint density at radius 2 is 1.79 bits per heavy atom. The number of pyridine rings is 1. The number of hydrogen-bond acceptors (Lipinski definition) is 3. The van der Waals surface area contributed by atoms with Crippen LogP contribution in [0, 0.1) is 0 Å². The second kappa shape index (κ2) is 9.90. The molecule has 0 aliphatic rings. The van der Waals surface area contributed by atoms with Crippen molar-refractivity contribution in [3.05, 3.63) is 57.8 Å². The summed E-state index contributed by atoms with van der Waals surface area (Å²) in [7, 11) is 0. The van der Waals surface area contributed by atoms with Gasteiger partial charge in [-0.15, -0.1) is 0 Å². The highest BCUT2D eigenvalue weighted by molar-refractivity contribution is 6.36. The van der Waals surface area contributed by atoms with E-state index >= 15 is 0 Å². The average Bonchev–Trinajstić information content (AvgIpc) is 2.56. The van der Waals surface area contributed by atoms with Crippen molar-refractivity contribution in [2.24, 2.45) is 0 Å². The molecule has 0 fully saturated rings. The Kier molecular flexibility index (Phi) is 8.22. The van der Waals surface area contributed by atoms with Crippen molar-refractivity contribution in [3.8, 4) is 0 Å². The first-order valence-corrected chi connectivity index (χ1v) is 8.14. The van der Waals surface area contributed by atoms with Gasteiger partial charge in [-0.1, -0.05) is 49.2 Å². The summed E-state index contributed by atoms with van der Waals surface area (Å²) in [6, 6.07) is 8.33. The molecule has 1 amide bonds. The number of nitrogens with one attached hydrogen (secondary N) is 1. The average molecular weight is 369 g/mol. The Morgan fingerprint density at radius 1 is 1.17 bits per heavy atom. The van der Waals surface area contributed by atoms with Gasteiger partial charge < -0.3 is 10.4 Å². The number of benzene rings is 1. The lowest BCUT2D eigenvalue weighted by Gasteiger charge is -2.07. The molecule has 1 heterocycles. The Labute approximate surface area is 150 Å². The van der Waals surface area contributed by atoms with Crippen LogP contribution in [0.2, 0.25) is 10.2 Å². The predicted molar refractivity (Wildman–Crippen MR) is 96.0 cm³/mol. The highest BCUT2D eigenvalue weighted by Crippen LogP contribution is 2.20. The summed E-state index contributed by atoms with van der Waals surface area (Å²) in [5.74, 6) is -1.24. The van der Waals surface area contributed by atoms with Crippen LogP contribution in [0.4, 0.5) is 5.69 Å². The molecule has 2 N–H and O–H groups in total. The van der Waals surface area contributed by atoms with E-state index in [2.05, 4.69) is 10.3 Å². The first-order chi connectivity index (χ1) is 11.5. The lowest BCUT2D eigenvalue weighted by molar-refractivity contribution is -0.136. The molecule has 0 aliphatic carbocycles. The fourth-order valence-corrected chi connectivity index (χ4v) is 2.23. The zero-order chi connectivity index (χ0) is 18.1. The van der Waals surface area contributed by atoms with Gasteiger partial charge in [0.25, 0.3) is 5.91 Å². The summed E-state index contributed by atoms with van der Waals surface area (Å²) in [6.07, 6.45) is 1.81. The smallest absolute Gasteiger partial charge is 0.303 e. The number of hydrogen-bond donors (Lipinski definition) is 2. The monoisotopic (exact) mass is 368 g/mol. The molecular weight excluding hydrogens is 351 g/mol. The van der Waals surface area contributed by atoms with Gasteiger partial charge >= 0.3 is 5.97 Å². The molecule has 5 nitrogen and oxygen atoms in total. The van der Waals surface area contributed by atoms with Crippen LogP contribution in [0.3, 0.4) is 0 Å². The standard InChI is InChI=1S/C15H12Cl2N2O3.C2H6/c16-12-7-13(17)18-8-11(12)15(22)19-10-4-1-9(2-5-10)3-6-14(20)21;1-2/h1-2,4-5,7-8H,3,6H2,(H,19,22)(H,20,21);1-2H3. The fourth-order valence-electron chi connectivity index (χ4n) is 1.78. The van der Waals surface area contributed by atoms with E-state index in [1.807, 2.05) is 13.8 Å². The maximum atomic E-state index is 12.1. The van der Waals surface area contributed by atoms with Crippen LogP contribution in [0.25, 0.3) is 0 Å². The highest BCUT2D eigenvalue weighted by atomic mass is 35.5. The third-order valence-electron chi connectivity index (χ3n) is 2.90. The SMILES string of the molecule is CC.O=C(O)CCc1ccc(NC(=O)c2cnc(Cl)cc2Cl)cc1. The van der Waals surface area contributed by atoms with Crippen molar-refractivity contribution in [2.45, 2.75) is 26.7 Å². The lowest BCUT2D eigenvalue weighted by Crippen LogP contribution is -2.12. The van der Waals surface area contributed by atoms with Crippen molar-refractivity contribution < 1.29 is 14.7 Å². The maximum absolute atomic E-state index is 12.1. The minimum atomic E-state index is -0.845. The molecule has 128 valence electrons. The number of carbonyl (C=O) groups is 2. The van der Waals surface area contributed by atoms with Crippen molar-refractivity contribution >= 4 is 40.8 Å². The molecule has 2 rings (SSSR count). The van der Waals surface area contributed by atoms with E-state index in [0.717, 1.165) is 5.56 Å². The van der Waals surface area contributed by atoms with Crippen LogP contribution in [0.5, 0.6) is 0 Å². The van der Waals surface area contributed by atoms with E-state index < -0.39 is 11.9 Å². The Balaban J connectivity index is 0.00000139. The first kappa shape index (κ1) is 19.9. The van der Waals surface area contributed by atoms with E-state index in [4.69, 9.17) is 28.3 Å². The number of carboxylic acids is 1. The van der Waals surface area contributed by atoms with Gasteiger partial charge in [0, 0.05) is 18.3 Å². The molecule has 0 spiro atoms. The van der Waals surface area contributed by atoms with Gasteiger partial charge in [0.2, 0.25) is 0 Å². The Hall–Kier alpha value is -2.11. The molecule has 0 bridgehead atoms. The van der Waals surface area contributed by atoms with Gasteiger partial charge in [-0.2, -0.15) is 0 Å². The largest absolute Gasteiger partial charge is 0.481 e. The molecule has 24 heavy (non-hydrogen) atoms. The predicted octanol–water partition coefficient (Wildman–Crippen LogP) is 4.68. The van der Waals surface area contributed by atoms with Crippen molar-refractivity contribution in [3.63, 3.8) is 0 Å². The summed E-state index contributed by atoms with van der Waals surface area (Å²) in [6.45, 7) is 4.00. The minimum absolute atomic E-state index is 0.0672. The van der Waals surface area contributed by atoms with E-state index in [1.165, 1.54) is 12.3 Å². The minimum Gasteiger partial charge on any atom is -0.481 e. The molecule has 0 atom stereocenters. The first-order valence-electron chi connectivity index (χ1n) is 7.39. The molecule has 2 aromatic rings. The van der Waals surface area contributed by atoms with E-state index in [1.54, 1.807) is 24.3 Å². The highest BCUT2D eigenvalue weighted by Gasteiger charge is 2.12. The van der Waals surface area contributed by atoms with Gasteiger partial charge in [-0.05, 0) is 30.2 Å². The number of amides is 1. The number of carbonyl (C=O) groups excluding carboxylic acids is 1. The van der Waals surface area contributed by atoms with Crippen LogP contribution in [-0.2, 0) is 11.2 Å². The van der Waals surface area contributed by atoms with Crippen molar-refractivity contribution in [1.29, 1.82) is 0 Å². The third kappa shape index (κ3) is 6.18. The summed E-state index contributed by atoms with van der Waals surface area (Å²) in [4.78, 5) is 26.4. The quantitative estimate of drug-likeness (QED) is 0.750. The molecule has 0 saturated carbocycles. The molecule has 0 radical (unpaired) electrons. The number of aromatic nitrogens is 1. The third-order valence-corrected chi connectivity index (χ3v) is 3.42. The van der Waals surface area contributed by atoms with Crippen LogP contribution < -0.4 is 5.32 Å². The van der Waals surface area contributed by atoms with Crippen LogP contribution in [0.15, 0.2) is 36.5 Å². The number of halogens is 2. The molecule has 7 heteroatoms. The summed E-state index contributed by atoms with van der Waals surface area (Å²) >= 11 is 11.6. The topological polar surface area (TPSA) is 79.3 Å². The zero-order valence-corrected chi connectivity index (χ0v) is 14.9. The van der Waals surface area contributed by atoms with Gasteiger partial charge in [0.1, 0.15) is 5.15 Å². The molecule has 0 unspecified atom stereocenters. The molecular formula is C17H18Cl2N2O3. The number of nitrogens with zero attached hydrogens (tertiary/aromatic N) is 1. The number of aliphatic carboxylic acids is 1. The van der Waals surface area contributed by atoms with Gasteiger partial charge in [0.15, 0.2) is 0 Å². The fraction of sp³-hybridized carbons (Fsp3) is 0.235. The van der Waals surface area contributed by atoms with Crippen molar-refractivity contribution in [1.82, 2.24) is 4.98 Å². The van der Waals surface area contributed by atoms with Crippen LogP contribution in [-0.4, -0.2) is 22.0 Å². The molecule has 0 saturated heterocycles. The normalized spacial score (nSPS) is 9.67. The van der Waals surface area contributed by atoms with E-state index in [0.29, 0.717) is 12.1 Å². The van der Waals surface area contributed by atoms with E-state index in [-0.39, 0.29) is 22.2 Å². The van der Waals surface area contributed by atoms with Crippen LogP contribution in [0.1, 0.15) is 36.2 Å². The molecule has 1 aromatic heterocycles. The van der Waals surface area contributed by atoms with Gasteiger partial charge in [0.05, 0.1) is 10.6 Å². The Morgan fingerprint density at radius 3 is 2.33 bits per heavy atom. The van der Waals surface area contributed by atoms with Crippen LogP contribution >= 0.6 is 23.2 Å². The van der Waals surface area contributed by atoms with Gasteiger partial charge in [-0.3, -0.25) is 9.59 Å². The zero-order valence-electron chi connectivity index (χ0n) is 13.3. The lowest BCUT2D eigenvalue weighted by atomic mass is 10.1. The van der Waals surface area contributed by atoms with E-state index in [9.17, 15) is 9.59 Å². The second-order valence-electron chi connectivity index (χ2n) is 4.53. The summed E-state index contributed by atoms with van der Waals surface area (Å²) < 4.78 is 0. The summed E-state index contributed by atoms with van der Waals surface area (Å²) in [5.41, 5.74) is 1.68. The molecule has 0 aliphatic heterocycles. The van der Waals surface area contributed by atoms with Gasteiger partial charge in [-0.25, -0.2) is 4.98 Å². The summed E-state index contributed by atoms with van der Waals surface area (Å²) in [5, 5.41) is 11.8. The number of rotatable bonds is 5. The number of aryl methyl sites for hydroxylation is 1. The number of carboxylic acid groups (broad SMARTS) is 1. The number of anilines is 1. The maximum Gasteiger partial charge on any atom is 0.303 e.